The quantitative estimate of drug-likeness (QED) is 0.744. The van der Waals surface area contributed by atoms with Crippen molar-refractivity contribution in [2.75, 3.05) is 18.4 Å². The fourth-order valence-corrected chi connectivity index (χ4v) is 2.27. The summed E-state index contributed by atoms with van der Waals surface area (Å²) < 4.78 is 0.848. The van der Waals surface area contributed by atoms with Crippen LogP contribution in [0.1, 0.15) is 27.2 Å². The normalized spacial score (nSPS) is 13.1. The first-order valence-electron chi connectivity index (χ1n) is 6.71. The molecule has 0 aliphatic rings. The monoisotopic (exact) mass is 342 g/mol. The highest BCUT2D eigenvalue weighted by Gasteiger charge is 2.16. The van der Waals surface area contributed by atoms with Gasteiger partial charge in [0.1, 0.15) is 0 Å². The first kappa shape index (κ1) is 17.1. The zero-order valence-electron chi connectivity index (χ0n) is 12.2. The van der Waals surface area contributed by atoms with Gasteiger partial charge in [0.05, 0.1) is 18.3 Å². The molecule has 0 heterocycles. The van der Waals surface area contributed by atoms with Crippen molar-refractivity contribution in [1.29, 1.82) is 0 Å². The van der Waals surface area contributed by atoms with Gasteiger partial charge in [0.2, 0.25) is 5.91 Å². The molecule has 0 bridgehead atoms. The van der Waals surface area contributed by atoms with Crippen molar-refractivity contribution in [3.05, 3.63) is 28.7 Å². The molecular formula is C15H23BrN2O2. The fraction of sp³-hybridized carbons (Fsp3) is 0.533. The Bertz CT molecular complexity index is 444. The highest BCUT2D eigenvalue weighted by atomic mass is 79.9. The number of aliphatic hydroxyl groups is 1. The molecule has 112 valence electrons. The van der Waals surface area contributed by atoms with Crippen LogP contribution in [0.4, 0.5) is 5.69 Å². The van der Waals surface area contributed by atoms with Crippen LogP contribution in [0.25, 0.3) is 0 Å². The number of aliphatic hydroxyl groups excluding tert-OH is 1. The van der Waals surface area contributed by atoms with E-state index in [0.29, 0.717) is 13.0 Å². The van der Waals surface area contributed by atoms with E-state index < -0.39 is 6.10 Å². The summed E-state index contributed by atoms with van der Waals surface area (Å²) in [5.74, 6) is -0.125. The van der Waals surface area contributed by atoms with Gasteiger partial charge in [0, 0.05) is 11.0 Å². The molecule has 4 nitrogen and oxygen atoms in total. The molecule has 0 aliphatic carbocycles. The fourth-order valence-electron chi connectivity index (χ4n) is 1.89. The molecule has 1 amide bonds. The summed E-state index contributed by atoms with van der Waals surface area (Å²) in [6.45, 7) is 6.84. The number of rotatable bonds is 6. The number of hydrogen-bond donors (Lipinski definition) is 3. The molecule has 0 fully saturated rings. The van der Waals surface area contributed by atoms with Gasteiger partial charge >= 0.3 is 0 Å². The topological polar surface area (TPSA) is 61.4 Å². The van der Waals surface area contributed by atoms with Crippen molar-refractivity contribution in [1.82, 2.24) is 5.32 Å². The molecule has 1 atom stereocenters. The highest BCUT2D eigenvalue weighted by Crippen LogP contribution is 2.21. The second kappa shape index (κ2) is 7.76. The molecule has 3 N–H and O–H groups in total. The van der Waals surface area contributed by atoms with E-state index in [4.69, 9.17) is 0 Å². The van der Waals surface area contributed by atoms with Crippen molar-refractivity contribution >= 4 is 27.5 Å². The zero-order chi connectivity index (χ0) is 15.2. The largest absolute Gasteiger partial charge is 0.392 e. The molecule has 0 saturated carbocycles. The summed E-state index contributed by atoms with van der Waals surface area (Å²) in [5, 5.41) is 15.6. The summed E-state index contributed by atoms with van der Waals surface area (Å²) in [4.78, 5) is 11.8. The van der Waals surface area contributed by atoms with Gasteiger partial charge in [-0.15, -0.1) is 0 Å². The molecule has 1 rings (SSSR count). The first-order valence-corrected chi connectivity index (χ1v) is 7.50. The summed E-state index contributed by atoms with van der Waals surface area (Å²) in [5.41, 5.74) is 0.827. The lowest BCUT2D eigenvalue weighted by Crippen LogP contribution is -2.35. The Balaban J connectivity index is 2.29. The average molecular weight is 343 g/mol. The number of carbonyl (C=O) groups excluding carboxylic acids is 1. The van der Waals surface area contributed by atoms with Crippen LogP contribution in [-0.2, 0) is 4.79 Å². The lowest BCUT2D eigenvalue weighted by molar-refractivity contribution is -0.115. The Morgan fingerprint density at radius 1 is 1.35 bits per heavy atom. The minimum absolute atomic E-state index is 0.0816. The van der Waals surface area contributed by atoms with Gasteiger partial charge in [-0.3, -0.25) is 4.79 Å². The number of amides is 1. The maximum Gasteiger partial charge on any atom is 0.238 e. The smallest absolute Gasteiger partial charge is 0.238 e. The minimum atomic E-state index is -0.439. The van der Waals surface area contributed by atoms with Crippen LogP contribution in [0.15, 0.2) is 28.7 Å². The highest BCUT2D eigenvalue weighted by molar-refractivity contribution is 9.10. The number of anilines is 1. The lowest BCUT2D eigenvalue weighted by atomic mass is 9.89. The van der Waals surface area contributed by atoms with Crippen LogP contribution in [-0.4, -0.2) is 30.2 Å². The van der Waals surface area contributed by atoms with E-state index in [2.05, 4.69) is 47.3 Å². The van der Waals surface area contributed by atoms with E-state index in [1.807, 2.05) is 24.3 Å². The molecule has 1 unspecified atom stereocenters. The lowest BCUT2D eigenvalue weighted by Gasteiger charge is -2.22. The Kier molecular flexibility index (Phi) is 6.65. The van der Waals surface area contributed by atoms with E-state index in [9.17, 15) is 9.90 Å². The van der Waals surface area contributed by atoms with Gasteiger partial charge in [0.15, 0.2) is 0 Å². The van der Waals surface area contributed by atoms with Crippen molar-refractivity contribution in [2.24, 2.45) is 5.41 Å². The van der Waals surface area contributed by atoms with Gasteiger partial charge in [-0.05, 0) is 39.9 Å². The first-order chi connectivity index (χ1) is 9.28. The summed E-state index contributed by atoms with van der Waals surface area (Å²) in [7, 11) is 0. The SMILES string of the molecule is CC(C)(C)CC(O)CNCC(=O)Nc1ccccc1Br. The Hall–Kier alpha value is -0.910. The maximum atomic E-state index is 11.8. The second-order valence-corrected chi connectivity index (χ2v) is 6.93. The molecule has 0 aliphatic heterocycles. The molecule has 1 aromatic rings. The molecule has 5 heteroatoms. The predicted molar refractivity (Wildman–Crippen MR) is 85.7 cm³/mol. The van der Waals surface area contributed by atoms with E-state index in [-0.39, 0.29) is 17.9 Å². The van der Waals surface area contributed by atoms with Gasteiger partial charge in [-0.2, -0.15) is 0 Å². The minimum Gasteiger partial charge on any atom is -0.392 e. The number of carbonyl (C=O) groups is 1. The van der Waals surface area contributed by atoms with E-state index >= 15 is 0 Å². The van der Waals surface area contributed by atoms with E-state index in [0.717, 1.165) is 10.2 Å². The summed E-state index contributed by atoms with van der Waals surface area (Å²) in [6.07, 6.45) is 0.262. The van der Waals surface area contributed by atoms with Crippen LogP contribution in [0, 0.1) is 5.41 Å². The number of para-hydroxylation sites is 1. The van der Waals surface area contributed by atoms with Crippen molar-refractivity contribution in [3.8, 4) is 0 Å². The molecular weight excluding hydrogens is 320 g/mol. The molecule has 0 saturated heterocycles. The van der Waals surface area contributed by atoms with Crippen LogP contribution < -0.4 is 10.6 Å². The number of benzene rings is 1. The van der Waals surface area contributed by atoms with Crippen LogP contribution in [0.3, 0.4) is 0 Å². The number of halogens is 1. The van der Waals surface area contributed by atoms with Crippen LogP contribution in [0.5, 0.6) is 0 Å². The third-order valence-electron chi connectivity index (χ3n) is 2.66. The third kappa shape index (κ3) is 7.03. The van der Waals surface area contributed by atoms with Gasteiger partial charge < -0.3 is 15.7 Å². The van der Waals surface area contributed by atoms with E-state index in [1.165, 1.54) is 0 Å². The molecule has 20 heavy (non-hydrogen) atoms. The van der Waals surface area contributed by atoms with E-state index in [1.54, 1.807) is 0 Å². The van der Waals surface area contributed by atoms with Gasteiger partial charge in [-0.25, -0.2) is 0 Å². The maximum absolute atomic E-state index is 11.8. The Morgan fingerprint density at radius 2 is 2.00 bits per heavy atom. The molecule has 1 aromatic carbocycles. The number of hydrogen-bond acceptors (Lipinski definition) is 3. The van der Waals surface area contributed by atoms with Crippen LogP contribution in [0.2, 0.25) is 0 Å². The van der Waals surface area contributed by atoms with Crippen LogP contribution >= 0.6 is 15.9 Å². The molecule has 0 aromatic heterocycles. The second-order valence-electron chi connectivity index (χ2n) is 6.08. The standard InChI is InChI=1S/C15H23BrN2O2/c1-15(2,3)8-11(19)9-17-10-14(20)18-13-7-5-4-6-12(13)16/h4-7,11,17,19H,8-10H2,1-3H3,(H,18,20). The predicted octanol–water partition coefficient (Wildman–Crippen LogP) is 2.77. The zero-order valence-corrected chi connectivity index (χ0v) is 13.8. The van der Waals surface area contributed by atoms with Gasteiger partial charge in [0.25, 0.3) is 0 Å². The summed E-state index contributed by atoms with van der Waals surface area (Å²) in [6, 6.07) is 7.45. The van der Waals surface area contributed by atoms with Crippen molar-refractivity contribution < 1.29 is 9.90 Å². The van der Waals surface area contributed by atoms with Gasteiger partial charge in [-0.1, -0.05) is 32.9 Å². The molecule has 0 radical (unpaired) electrons. The molecule has 0 spiro atoms. The number of nitrogens with one attached hydrogen (secondary N) is 2. The summed E-state index contributed by atoms with van der Waals surface area (Å²) >= 11 is 3.37. The Labute approximate surface area is 129 Å². The van der Waals surface area contributed by atoms with Crippen molar-refractivity contribution in [2.45, 2.75) is 33.3 Å². The average Bonchev–Trinajstić information content (AvgIpc) is 2.29. The van der Waals surface area contributed by atoms with Crippen molar-refractivity contribution in [3.63, 3.8) is 0 Å². The Morgan fingerprint density at radius 3 is 2.60 bits per heavy atom. The third-order valence-corrected chi connectivity index (χ3v) is 3.35.